The largest absolute Gasteiger partial charge is 0.367 e. The molecule has 0 aliphatic heterocycles. The Kier molecular flexibility index (Phi) is 3.44. The third-order valence-corrected chi connectivity index (χ3v) is 3.89. The minimum Gasteiger partial charge on any atom is -0.367 e. The second-order valence-corrected chi connectivity index (χ2v) is 5.82. The lowest BCUT2D eigenvalue weighted by molar-refractivity contribution is 0.896. The lowest BCUT2D eigenvalue weighted by Crippen LogP contribution is -2.17. The maximum Gasteiger partial charge on any atom is 0.112 e. The molecule has 3 aromatic heterocycles. The molecule has 3 heterocycles. The molecule has 0 aromatic carbocycles. The molecule has 0 aliphatic carbocycles. The van der Waals surface area contributed by atoms with Crippen molar-refractivity contribution in [3.63, 3.8) is 0 Å². The highest BCUT2D eigenvalue weighted by Crippen LogP contribution is 2.25. The van der Waals surface area contributed by atoms with Gasteiger partial charge < -0.3 is 4.90 Å². The Morgan fingerprint density at radius 3 is 3.00 bits per heavy atom. The Labute approximate surface area is 123 Å². The van der Waals surface area contributed by atoms with Crippen molar-refractivity contribution >= 4 is 44.0 Å². The Bertz CT molecular complexity index is 699. The summed E-state index contributed by atoms with van der Waals surface area (Å²) in [5, 5.41) is 2.06. The summed E-state index contributed by atoms with van der Waals surface area (Å²) in [6.07, 6.45) is 3.60. The van der Waals surface area contributed by atoms with E-state index in [2.05, 4.69) is 41.2 Å². The van der Waals surface area contributed by atoms with Gasteiger partial charge in [-0.1, -0.05) is 0 Å². The first-order valence-electron chi connectivity index (χ1n) is 5.72. The summed E-state index contributed by atoms with van der Waals surface area (Å²) >= 11 is 5.03. The highest BCUT2D eigenvalue weighted by atomic mass is 79.9. The van der Waals surface area contributed by atoms with Crippen LogP contribution in [-0.2, 0) is 6.54 Å². The molecule has 0 fully saturated rings. The average Bonchev–Trinajstić information content (AvgIpc) is 2.90. The Morgan fingerprint density at radius 1 is 1.32 bits per heavy atom. The molecule has 0 amide bonds. The Morgan fingerprint density at radius 2 is 2.21 bits per heavy atom. The van der Waals surface area contributed by atoms with Gasteiger partial charge in [0.05, 0.1) is 29.0 Å². The van der Waals surface area contributed by atoms with E-state index in [4.69, 9.17) is 0 Å². The molecule has 0 aliphatic rings. The van der Waals surface area contributed by atoms with E-state index in [9.17, 15) is 0 Å². The van der Waals surface area contributed by atoms with Gasteiger partial charge in [-0.3, -0.25) is 9.97 Å². The van der Waals surface area contributed by atoms with E-state index in [1.165, 1.54) is 0 Å². The van der Waals surface area contributed by atoms with Crippen LogP contribution in [0.1, 0.15) is 5.69 Å². The molecule has 19 heavy (non-hydrogen) atoms. The normalized spacial score (nSPS) is 10.8. The fraction of sp³-hybridized carbons (Fsp3) is 0.154. The number of thiazole rings is 1. The third kappa shape index (κ3) is 2.59. The quantitative estimate of drug-likeness (QED) is 0.735. The summed E-state index contributed by atoms with van der Waals surface area (Å²) in [4.78, 5) is 15.3. The van der Waals surface area contributed by atoms with Gasteiger partial charge in [0.2, 0.25) is 0 Å². The van der Waals surface area contributed by atoms with E-state index in [1.807, 2.05) is 30.9 Å². The maximum absolute atomic E-state index is 4.46. The van der Waals surface area contributed by atoms with Crippen LogP contribution in [0, 0.1) is 0 Å². The summed E-state index contributed by atoms with van der Waals surface area (Å²) in [5.41, 5.74) is 5.77. The van der Waals surface area contributed by atoms with Crippen LogP contribution in [0.25, 0.3) is 11.0 Å². The molecule has 0 saturated heterocycles. The predicted octanol–water partition coefficient (Wildman–Crippen LogP) is 3.49. The first kappa shape index (κ1) is 12.5. The van der Waals surface area contributed by atoms with Crippen LogP contribution in [0.15, 0.2) is 39.9 Å². The molecule has 0 bridgehead atoms. The number of anilines is 1. The first-order valence-corrected chi connectivity index (χ1v) is 7.46. The number of hydrogen-bond acceptors (Lipinski definition) is 5. The van der Waals surface area contributed by atoms with Crippen molar-refractivity contribution in [2.75, 3.05) is 11.9 Å². The number of pyridine rings is 2. The Hall–Kier alpha value is -1.53. The van der Waals surface area contributed by atoms with Crippen molar-refractivity contribution in [2.45, 2.75) is 6.54 Å². The van der Waals surface area contributed by atoms with Gasteiger partial charge in [0.25, 0.3) is 0 Å². The van der Waals surface area contributed by atoms with Crippen LogP contribution in [0.2, 0.25) is 0 Å². The first-order chi connectivity index (χ1) is 9.24. The minimum atomic E-state index is 0.764. The molecule has 3 aromatic rings. The summed E-state index contributed by atoms with van der Waals surface area (Å²) in [6, 6.07) is 3.96. The standard InChI is InChI=1S/C13H11BrN4S/c1-18(6-10-7-19-8-17-10)12-2-3-15-11-4-9(14)5-16-13(11)12/h2-5,7-8H,6H2,1H3. The lowest BCUT2D eigenvalue weighted by atomic mass is 10.2. The molecule has 0 unspecified atom stereocenters. The number of aromatic nitrogens is 3. The van der Waals surface area contributed by atoms with Crippen LogP contribution in [0.3, 0.4) is 0 Å². The van der Waals surface area contributed by atoms with Crippen molar-refractivity contribution in [3.8, 4) is 0 Å². The number of hydrogen-bond donors (Lipinski definition) is 0. The molecule has 3 rings (SSSR count). The third-order valence-electron chi connectivity index (χ3n) is 2.82. The monoisotopic (exact) mass is 334 g/mol. The zero-order valence-corrected chi connectivity index (χ0v) is 12.6. The molecule has 0 N–H and O–H groups in total. The van der Waals surface area contributed by atoms with E-state index in [0.717, 1.165) is 33.4 Å². The van der Waals surface area contributed by atoms with Crippen molar-refractivity contribution in [2.24, 2.45) is 0 Å². The number of rotatable bonds is 3. The van der Waals surface area contributed by atoms with Crippen LogP contribution >= 0.6 is 27.3 Å². The number of fused-ring (bicyclic) bond motifs is 1. The molecule has 0 atom stereocenters. The average molecular weight is 335 g/mol. The molecule has 0 radical (unpaired) electrons. The van der Waals surface area contributed by atoms with Gasteiger partial charge in [-0.05, 0) is 28.1 Å². The SMILES string of the molecule is CN(Cc1cscn1)c1ccnc2cc(Br)cnc12. The zero-order chi connectivity index (χ0) is 13.2. The van der Waals surface area contributed by atoms with Crippen molar-refractivity contribution in [3.05, 3.63) is 45.6 Å². The van der Waals surface area contributed by atoms with E-state index in [0.29, 0.717) is 0 Å². The second kappa shape index (κ2) is 5.22. The van der Waals surface area contributed by atoms with Crippen LogP contribution in [0.4, 0.5) is 5.69 Å². The molecule has 6 heteroatoms. The van der Waals surface area contributed by atoms with E-state index < -0.39 is 0 Å². The van der Waals surface area contributed by atoms with Crippen molar-refractivity contribution in [1.82, 2.24) is 15.0 Å². The summed E-state index contributed by atoms with van der Waals surface area (Å²) in [6.45, 7) is 0.764. The topological polar surface area (TPSA) is 41.9 Å². The lowest BCUT2D eigenvalue weighted by Gasteiger charge is -2.19. The van der Waals surface area contributed by atoms with Crippen molar-refractivity contribution < 1.29 is 0 Å². The van der Waals surface area contributed by atoms with Gasteiger partial charge in [0, 0.05) is 29.3 Å². The molecular weight excluding hydrogens is 324 g/mol. The molecular formula is C13H11BrN4S. The van der Waals surface area contributed by atoms with Gasteiger partial charge in [-0.25, -0.2) is 4.98 Å². The van der Waals surface area contributed by atoms with Gasteiger partial charge in [0.1, 0.15) is 5.52 Å². The van der Waals surface area contributed by atoms with Crippen LogP contribution in [0.5, 0.6) is 0 Å². The number of nitrogens with zero attached hydrogens (tertiary/aromatic N) is 4. The minimum absolute atomic E-state index is 0.764. The van der Waals surface area contributed by atoms with E-state index in [1.54, 1.807) is 17.5 Å². The second-order valence-electron chi connectivity index (χ2n) is 4.19. The summed E-state index contributed by atoms with van der Waals surface area (Å²) in [7, 11) is 2.04. The Balaban J connectivity index is 2.00. The fourth-order valence-electron chi connectivity index (χ4n) is 1.94. The van der Waals surface area contributed by atoms with Gasteiger partial charge in [0.15, 0.2) is 0 Å². The maximum atomic E-state index is 4.46. The summed E-state index contributed by atoms with van der Waals surface area (Å²) in [5.74, 6) is 0. The van der Waals surface area contributed by atoms with E-state index in [-0.39, 0.29) is 0 Å². The van der Waals surface area contributed by atoms with E-state index >= 15 is 0 Å². The van der Waals surface area contributed by atoms with Gasteiger partial charge in [-0.2, -0.15) is 0 Å². The highest BCUT2D eigenvalue weighted by molar-refractivity contribution is 9.10. The molecule has 96 valence electrons. The predicted molar refractivity (Wildman–Crippen MR) is 81.5 cm³/mol. The molecule has 0 saturated carbocycles. The van der Waals surface area contributed by atoms with Crippen LogP contribution in [-0.4, -0.2) is 22.0 Å². The van der Waals surface area contributed by atoms with Gasteiger partial charge >= 0.3 is 0 Å². The molecule has 0 spiro atoms. The summed E-state index contributed by atoms with van der Waals surface area (Å²) < 4.78 is 0.937. The number of halogens is 1. The smallest absolute Gasteiger partial charge is 0.112 e. The molecule has 4 nitrogen and oxygen atoms in total. The van der Waals surface area contributed by atoms with Gasteiger partial charge in [-0.15, -0.1) is 11.3 Å². The van der Waals surface area contributed by atoms with Crippen LogP contribution < -0.4 is 4.90 Å². The zero-order valence-electron chi connectivity index (χ0n) is 10.2. The fourth-order valence-corrected chi connectivity index (χ4v) is 2.81. The van der Waals surface area contributed by atoms with Crippen molar-refractivity contribution in [1.29, 1.82) is 0 Å². The highest BCUT2D eigenvalue weighted by Gasteiger charge is 2.09.